The van der Waals surface area contributed by atoms with E-state index in [0.717, 1.165) is 48.3 Å². The highest BCUT2D eigenvalue weighted by atomic mass is 16.3. The van der Waals surface area contributed by atoms with Gasteiger partial charge in [0.1, 0.15) is 0 Å². The minimum atomic E-state index is -0.545. The molecule has 1 aromatic heterocycles. The minimum absolute atomic E-state index is 0.545. The maximum Gasteiger partial charge on any atom is 0.0890 e. The molecule has 4 heteroatoms. The summed E-state index contributed by atoms with van der Waals surface area (Å²) >= 11 is 0. The number of hydrogen-bond donors (Lipinski definition) is 2. The van der Waals surface area contributed by atoms with E-state index < -0.39 is 5.60 Å². The minimum Gasteiger partial charge on any atom is -0.389 e. The van der Waals surface area contributed by atoms with E-state index in [4.69, 9.17) is 0 Å². The zero-order valence-corrected chi connectivity index (χ0v) is 12.5. The van der Waals surface area contributed by atoms with E-state index in [0.29, 0.717) is 13.1 Å². The van der Waals surface area contributed by atoms with Crippen molar-refractivity contribution in [2.24, 2.45) is 5.92 Å². The summed E-state index contributed by atoms with van der Waals surface area (Å²) in [5.41, 5.74) is 2.21. The largest absolute Gasteiger partial charge is 0.389 e. The first-order valence-electron chi connectivity index (χ1n) is 7.78. The molecule has 1 heterocycles. The highest BCUT2D eigenvalue weighted by molar-refractivity contribution is 5.73. The Balaban J connectivity index is 1.56. The number of rotatable bonds is 4. The van der Waals surface area contributed by atoms with Gasteiger partial charge in [0.15, 0.2) is 0 Å². The normalized spacial score (nSPS) is 26.1. The number of fused-ring (bicyclic) bond motifs is 1. The fourth-order valence-corrected chi connectivity index (χ4v) is 2.98. The Morgan fingerprint density at radius 1 is 1.24 bits per heavy atom. The van der Waals surface area contributed by atoms with E-state index in [9.17, 15) is 5.11 Å². The lowest BCUT2D eigenvalue weighted by Crippen LogP contribution is -2.43. The molecule has 2 N–H and O–H groups in total. The maximum absolute atomic E-state index is 10.5. The molecule has 0 bridgehead atoms. The highest BCUT2D eigenvalue weighted by Crippen LogP contribution is 2.31. The lowest BCUT2D eigenvalue weighted by Gasteiger charge is -2.35. The molecular weight excluding hydrogens is 262 g/mol. The van der Waals surface area contributed by atoms with Crippen LogP contribution < -0.4 is 5.32 Å². The van der Waals surface area contributed by atoms with Crippen molar-refractivity contribution >= 4 is 11.0 Å². The molecule has 1 aliphatic carbocycles. The van der Waals surface area contributed by atoms with E-state index in [2.05, 4.69) is 22.2 Å². The molecule has 3 rings (SSSR count). The number of nitrogens with zero attached hydrogens (tertiary/aromatic N) is 2. The Morgan fingerprint density at radius 2 is 1.95 bits per heavy atom. The zero-order valence-electron chi connectivity index (χ0n) is 12.5. The molecule has 1 saturated carbocycles. The van der Waals surface area contributed by atoms with Crippen LogP contribution in [-0.4, -0.2) is 27.2 Å². The Kier molecular flexibility index (Phi) is 4.17. The molecule has 0 saturated heterocycles. The molecule has 1 aromatic carbocycles. The van der Waals surface area contributed by atoms with Crippen LogP contribution in [-0.2, 0) is 6.54 Å². The van der Waals surface area contributed by atoms with Gasteiger partial charge in [0, 0.05) is 13.1 Å². The van der Waals surface area contributed by atoms with E-state index in [1.165, 1.54) is 0 Å². The summed E-state index contributed by atoms with van der Waals surface area (Å²) < 4.78 is 0. The fourth-order valence-electron chi connectivity index (χ4n) is 2.98. The highest BCUT2D eigenvalue weighted by Gasteiger charge is 2.31. The second-order valence-electron chi connectivity index (χ2n) is 6.36. The van der Waals surface area contributed by atoms with Crippen molar-refractivity contribution in [1.29, 1.82) is 0 Å². The number of nitrogens with one attached hydrogen (secondary N) is 1. The SMILES string of the molecule is CC1CCC(O)(CNCc2cnc3ccccc3n2)CC1. The molecule has 1 fully saturated rings. The van der Waals surface area contributed by atoms with E-state index in [1.807, 2.05) is 30.5 Å². The number of para-hydroxylation sites is 2. The molecule has 2 aromatic rings. The second kappa shape index (κ2) is 6.08. The maximum atomic E-state index is 10.5. The summed E-state index contributed by atoms with van der Waals surface area (Å²) in [5, 5.41) is 13.9. The smallest absolute Gasteiger partial charge is 0.0890 e. The predicted octanol–water partition coefficient (Wildman–Crippen LogP) is 2.66. The van der Waals surface area contributed by atoms with Gasteiger partial charge in [-0.1, -0.05) is 19.1 Å². The first kappa shape index (κ1) is 14.4. The monoisotopic (exact) mass is 285 g/mol. The molecule has 0 unspecified atom stereocenters. The van der Waals surface area contributed by atoms with Crippen LogP contribution in [0.3, 0.4) is 0 Å². The van der Waals surface area contributed by atoms with Gasteiger partial charge >= 0.3 is 0 Å². The van der Waals surface area contributed by atoms with Gasteiger partial charge in [-0.3, -0.25) is 4.98 Å². The van der Waals surface area contributed by atoms with Gasteiger partial charge in [-0.05, 0) is 43.7 Å². The van der Waals surface area contributed by atoms with Crippen molar-refractivity contribution in [3.63, 3.8) is 0 Å². The average molecular weight is 285 g/mol. The van der Waals surface area contributed by atoms with Crippen LogP contribution in [0.2, 0.25) is 0 Å². The van der Waals surface area contributed by atoms with Gasteiger partial charge in [-0.25, -0.2) is 4.98 Å². The van der Waals surface area contributed by atoms with Crippen LogP contribution >= 0.6 is 0 Å². The Bertz CT molecular complexity index is 606. The second-order valence-corrected chi connectivity index (χ2v) is 6.36. The van der Waals surface area contributed by atoms with Crippen LogP contribution in [0.4, 0.5) is 0 Å². The molecule has 0 radical (unpaired) electrons. The van der Waals surface area contributed by atoms with Gasteiger partial charge in [-0.15, -0.1) is 0 Å². The molecule has 1 aliphatic rings. The Hall–Kier alpha value is -1.52. The van der Waals surface area contributed by atoms with E-state index in [1.54, 1.807) is 0 Å². The summed E-state index contributed by atoms with van der Waals surface area (Å²) in [4.78, 5) is 8.99. The summed E-state index contributed by atoms with van der Waals surface area (Å²) in [6.07, 6.45) is 5.83. The fraction of sp³-hybridized carbons (Fsp3) is 0.529. The van der Waals surface area contributed by atoms with Crippen molar-refractivity contribution in [2.45, 2.75) is 44.8 Å². The van der Waals surface area contributed by atoms with Crippen LogP contribution in [0.5, 0.6) is 0 Å². The van der Waals surface area contributed by atoms with Gasteiger partial charge in [-0.2, -0.15) is 0 Å². The average Bonchev–Trinajstić information content (AvgIpc) is 2.50. The molecule has 4 nitrogen and oxygen atoms in total. The van der Waals surface area contributed by atoms with Crippen molar-refractivity contribution < 1.29 is 5.11 Å². The lowest BCUT2D eigenvalue weighted by molar-refractivity contribution is -0.00635. The lowest BCUT2D eigenvalue weighted by atomic mass is 9.79. The Morgan fingerprint density at radius 3 is 2.71 bits per heavy atom. The van der Waals surface area contributed by atoms with Crippen molar-refractivity contribution in [3.05, 3.63) is 36.2 Å². The Labute approximate surface area is 125 Å². The number of aliphatic hydroxyl groups is 1. The van der Waals surface area contributed by atoms with Gasteiger partial charge in [0.25, 0.3) is 0 Å². The molecular formula is C17H23N3O. The quantitative estimate of drug-likeness (QED) is 0.906. The van der Waals surface area contributed by atoms with E-state index in [-0.39, 0.29) is 0 Å². The van der Waals surface area contributed by atoms with Crippen LogP contribution in [0.1, 0.15) is 38.3 Å². The summed E-state index contributed by atoms with van der Waals surface area (Å²) in [5.74, 6) is 0.747. The summed E-state index contributed by atoms with van der Waals surface area (Å²) in [7, 11) is 0. The van der Waals surface area contributed by atoms with Crippen molar-refractivity contribution in [2.75, 3.05) is 6.54 Å². The summed E-state index contributed by atoms with van der Waals surface area (Å²) in [6.45, 7) is 3.54. The number of benzene rings is 1. The van der Waals surface area contributed by atoms with Crippen LogP contribution in [0.25, 0.3) is 11.0 Å². The van der Waals surface area contributed by atoms with Crippen LogP contribution in [0.15, 0.2) is 30.5 Å². The third-order valence-electron chi connectivity index (χ3n) is 4.46. The molecule has 112 valence electrons. The van der Waals surface area contributed by atoms with Crippen LogP contribution in [0, 0.1) is 5.92 Å². The number of hydrogen-bond acceptors (Lipinski definition) is 4. The molecule has 0 atom stereocenters. The molecule has 0 spiro atoms. The van der Waals surface area contributed by atoms with Crippen molar-refractivity contribution in [1.82, 2.24) is 15.3 Å². The van der Waals surface area contributed by atoms with E-state index >= 15 is 0 Å². The standard InChI is InChI=1S/C17H23N3O/c1-13-6-8-17(21,9-7-13)12-18-10-14-11-19-15-4-2-3-5-16(15)20-14/h2-5,11,13,18,21H,6-10,12H2,1H3. The molecule has 0 aliphatic heterocycles. The van der Waals surface area contributed by atoms with Crippen molar-refractivity contribution in [3.8, 4) is 0 Å². The zero-order chi connectivity index (χ0) is 14.7. The molecule has 21 heavy (non-hydrogen) atoms. The van der Waals surface area contributed by atoms with Gasteiger partial charge in [0.2, 0.25) is 0 Å². The number of aromatic nitrogens is 2. The summed E-state index contributed by atoms with van der Waals surface area (Å²) in [6, 6.07) is 7.88. The molecule has 0 amide bonds. The van der Waals surface area contributed by atoms with Gasteiger partial charge in [0.05, 0.1) is 28.5 Å². The predicted molar refractivity (Wildman–Crippen MR) is 83.8 cm³/mol. The first-order valence-corrected chi connectivity index (χ1v) is 7.78. The first-order chi connectivity index (χ1) is 10.1. The topological polar surface area (TPSA) is 58.0 Å². The third kappa shape index (κ3) is 3.57. The van der Waals surface area contributed by atoms with Gasteiger partial charge < -0.3 is 10.4 Å². The third-order valence-corrected chi connectivity index (χ3v) is 4.46.